The zero-order valence-electron chi connectivity index (χ0n) is 14.6. The van der Waals surface area contributed by atoms with Gasteiger partial charge in [0.25, 0.3) is 0 Å². The van der Waals surface area contributed by atoms with E-state index < -0.39 is 15.8 Å². The van der Waals surface area contributed by atoms with Gasteiger partial charge in [-0.3, -0.25) is 0 Å². The van der Waals surface area contributed by atoms with Gasteiger partial charge in [-0.2, -0.15) is 4.31 Å². The van der Waals surface area contributed by atoms with E-state index in [4.69, 9.17) is 11.6 Å². The number of hydrogen-bond acceptors (Lipinski definition) is 3. The molecule has 0 aliphatic carbocycles. The first-order chi connectivity index (χ1) is 11.9. The van der Waals surface area contributed by atoms with Crippen LogP contribution >= 0.6 is 11.6 Å². The number of piperidine rings is 2. The number of rotatable bonds is 4. The summed E-state index contributed by atoms with van der Waals surface area (Å²) in [5, 5.41) is -0.157. The lowest BCUT2D eigenvalue weighted by Crippen LogP contribution is -2.43. The van der Waals surface area contributed by atoms with Gasteiger partial charge >= 0.3 is 0 Å². The number of benzene rings is 1. The molecule has 2 aliphatic heterocycles. The van der Waals surface area contributed by atoms with Crippen molar-refractivity contribution in [3.8, 4) is 0 Å². The smallest absolute Gasteiger partial charge is 0.243 e. The Balaban J connectivity index is 1.58. The largest absolute Gasteiger partial charge is 0.303 e. The quantitative estimate of drug-likeness (QED) is 0.791. The highest BCUT2D eigenvalue weighted by Crippen LogP contribution is 2.27. The summed E-state index contributed by atoms with van der Waals surface area (Å²) in [4.78, 5) is 2.60. The second kappa shape index (κ2) is 7.91. The molecule has 3 rings (SSSR count). The molecule has 1 aromatic rings. The third-order valence-electron chi connectivity index (χ3n) is 5.36. The highest BCUT2D eigenvalue weighted by atomic mass is 35.5. The van der Waals surface area contributed by atoms with E-state index in [9.17, 15) is 12.8 Å². The molecule has 25 heavy (non-hydrogen) atoms. The maximum atomic E-state index is 13.3. The van der Waals surface area contributed by atoms with Crippen molar-refractivity contribution in [3.05, 3.63) is 29.0 Å². The lowest BCUT2D eigenvalue weighted by atomic mass is 9.94. The normalized spacial score (nSPS) is 24.5. The van der Waals surface area contributed by atoms with Crippen LogP contribution in [0.2, 0.25) is 5.02 Å². The fourth-order valence-electron chi connectivity index (χ4n) is 3.94. The lowest BCUT2D eigenvalue weighted by molar-refractivity contribution is 0.136. The Bertz CT molecular complexity index is 705. The number of sulfonamides is 1. The van der Waals surface area contributed by atoms with Crippen molar-refractivity contribution in [3.63, 3.8) is 0 Å². The van der Waals surface area contributed by atoms with Gasteiger partial charge in [0.05, 0.1) is 9.92 Å². The minimum absolute atomic E-state index is 0.0715. The predicted octanol–water partition coefficient (Wildman–Crippen LogP) is 3.61. The Morgan fingerprint density at radius 3 is 2.56 bits per heavy atom. The second-order valence-corrected chi connectivity index (χ2v) is 9.78. The molecule has 0 saturated carbocycles. The van der Waals surface area contributed by atoms with E-state index in [1.54, 1.807) is 0 Å². The van der Waals surface area contributed by atoms with E-state index in [1.807, 2.05) is 0 Å². The molecular formula is C18H26ClFN2O2S. The van der Waals surface area contributed by atoms with Gasteiger partial charge in [-0.25, -0.2) is 12.8 Å². The maximum absolute atomic E-state index is 13.3. The van der Waals surface area contributed by atoms with Gasteiger partial charge in [0.1, 0.15) is 5.82 Å². The summed E-state index contributed by atoms with van der Waals surface area (Å²) >= 11 is 5.74. The molecule has 0 aromatic heterocycles. The van der Waals surface area contributed by atoms with Crippen LogP contribution in [0.5, 0.6) is 0 Å². The fraction of sp³-hybridized carbons (Fsp3) is 0.667. The van der Waals surface area contributed by atoms with Crippen molar-refractivity contribution in [1.82, 2.24) is 9.21 Å². The molecule has 140 valence electrons. The van der Waals surface area contributed by atoms with E-state index in [-0.39, 0.29) is 9.92 Å². The summed E-state index contributed by atoms with van der Waals surface area (Å²) < 4.78 is 40.2. The lowest BCUT2D eigenvalue weighted by Gasteiger charge is -2.37. The Morgan fingerprint density at radius 1 is 1.20 bits per heavy atom. The van der Waals surface area contributed by atoms with Crippen LogP contribution in [0.4, 0.5) is 4.39 Å². The van der Waals surface area contributed by atoms with Crippen LogP contribution in [0.1, 0.15) is 32.6 Å². The molecule has 4 nitrogen and oxygen atoms in total. The third kappa shape index (κ3) is 4.54. The average Bonchev–Trinajstić information content (AvgIpc) is 2.58. The fourth-order valence-corrected chi connectivity index (χ4v) is 5.68. The first-order valence-corrected chi connectivity index (χ1v) is 10.9. The first-order valence-electron chi connectivity index (χ1n) is 9.04. The Hall–Kier alpha value is -0.690. The van der Waals surface area contributed by atoms with Crippen LogP contribution in [-0.4, -0.2) is 50.3 Å². The topological polar surface area (TPSA) is 40.6 Å². The van der Waals surface area contributed by atoms with Crippen LogP contribution < -0.4 is 0 Å². The van der Waals surface area contributed by atoms with E-state index in [0.717, 1.165) is 44.5 Å². The van der Waals surface area contributed by atoms with E-state index in [0.29, 0.717) is 19.0 Å². The zero-order valence-corrected chi connectivity index (χ0v) is 16.2. The molecule has 0 radical (unpaired) electrons. The molecule has 0 amide bonds. The summed E-state index contributed by atoms with van der Waals surface area (Å²) in [7, 11) is -3.60. The molecule has 1 aromatic carbocycles. The van der Waals surface area contributed by atoms with E-state index >= 15 is 0 Å². The van der Waals surface area contributed by atoms with Crippen molar-refractivity contribution in [2.75, 3.05) is 32.7 Å². The van der Waals surface area contributed by atoms with Gasteiger partial charge in [0.2, 0.25) is 10.0 Å². The molecule has 2 saturated heterocycles. The average molecular weight is 389 g/mol. The van der Waals surface area contributed by atoms with Crippen molar-refractivity contribution >= 4 is 21.6 Å². The molecule has 0 spiro atoms. The van der Waals surface area contributed by atoms with Crippen molar-refractivity contribution < 1.29 is 12.8 Å². The van der Waals surface area contributed by atoms with Gasteiger partial charge in [-0.05, 0) is 62.3 Å². The van der Waals surface area contributed by atoms with Crippen molar-refractivity contribution in [2.45, 2.75) is 37.5 Å². The van der Waals surface area contributed by atoms with Crippen LogP contribution in [0.25, 0.3) is 0 Å². The molecule has 0 unspecified atom stereocenters. The summed E-state index contributed by atoms with van der Waals surface area (Å²) in [5.41, 5.74) is 0. The molecule has 0 bridgehead atoms. The minimum atomic E-state index is -3.60. The number of hydrogen-bond donors (Lipinski definition) is 0. The number of likely N-dealkylation sites (tertiary alicyclic amines) is 1. The van der Waals surface area contributed by atoms with E-state index in [1.165, 1.54) is 29.3 Å². The Kier molecular flexibility index (Phi) is 6.03. The minimum Gasteiger partial charge on any atom is -0.303 e. The molecule has 2 aliphatic rings. The monoisotopic (exact) mass is 388 g/mol. The van der Waals surface area contributed by atoms with Crippen LogP contribution in [0.15, 0.2) is 23.1 Å². The molecule has 1 atom stereocenters. The maximum Gasteiger partial charge on any atom is 0.243 e. The summed E-state index contributed by atoms with van der Waals surface area (Å²) in [6.45, 7) is 6.73. The Morgan fingerprint density at radius 2 is 1.92 bits per heavy atom. The van der Waals surface area contributed by atoms with Crippen LogP contribution in [0, 0.1) is 17.7 Å². The van der Waals surface area contributed by atoms with Gasteiger partial charge in [-0.15, -0.1) is 0 Å². The van der Waals surface area contributed by atoms with Crippen LogP contribution in [-0.2, 0) is 10.0 Å². The molecule has 2 fully saturated rings. The summed E-state index contributed by atoms with van der Waals surface area (Å²) in [6.07, 6.45) is 4.32. The second-order valence-electron chi connectivity index (χ2n) is 7.43. The Labute approximate surface area is 155 Å². The zero-order chi connectivity index (χ0) is 18.0. The van der Waals surface area contributed by atoms with Crippen LogP contribution in [0.3, 0.4) is 0 Å². The summed E-state index contributed by atoms with van der Waals surface area (Å²) in [6, 6.07) is 3.60. The number of nitrogens with zero attached hydrogens (tertiary/aromatic N) is 2. The van der Waals surface area contributed by atoms with Gasteiger partial charge < -0.3 is 4.90 Å². The highest BCUT2D eigenvalue weighted by Gasteiger charge is 2.31. The predicted molar refractivity (Wildman–Crippen MR) is 97.7 cm³/mol. The van der Waals surface area contributed by atoms with Crippen molar-refractivity contribution in [1.29, 1.82) is 0 Å². The molecule has 7 heteroatoms. The van der Waals surface area contributed by atoms with Gasteiger partial charge in [0, 0.05) is 26.2 Å². The first kappa shape index (κ1) is 19.1. The molecular weight excluding hydrogens is 363 g/mol. The van der Waals surface area contributed by atoms with Gasteiger partial charge in [0.15, 0.2) is 0 Å². The van der Waals surface area contributed by atoms with Gasteiger partial charge in [-0.1, -0.05) is 18.5 Å². The molecule has 2 heterocycles. The van der Waals surface area contributed by atoms with E-state index in [2.05, 4.69) is 11.8 Å². The SMILES string of the molecule is C[C@@H]1CCCN(CC2CCN(S(=O)(=O)c3ccc(F)c(Cl)c3)CC2)C1. The number of halogens is 2. The summed E-state index contributed by atoms with van der Waals surface area (Å²) in [5.74, 6) is 0.709. The molecule has 0 N–H and O–H groups in total. The van der Waals surface area contributed by atoms with Crippen molar-refractivity contribution in [2.24, 2.45) is 11.8 Å². The third-order valence-corrected chi connectivity index (χ3v) is 7.54. The highest BCUT2D eigenvalue weighted by molar-refractivity contribution is 7.89. The standard InChI is InChI=1S/C18H26ClFN2O2S/c1-14-3-2-8-21(12-14)13-15-6-9-22(10-7-15)25(23,24)16-4-5-18(20)17(19)11-16/h4-5,11,14-15H,2-3,6-10,12-13H2,1H3/t14-/m1/s1.